The summed E-state index contributed by atoms with van der Waals surface area (Å²) in [6.07, 6.45) is 0. The Bertz CT molecular complexity index is 782. The molecule has 0 fully saturated rings. The molecule has 1 amide bonds. The van der Waals surface area contributed by atoms with Gasteiger partial charge in [0.05, 0.1) is 0 Å². The monoisotopic (exact) mass is 435 g/mol. The Balaban J connectivity index is 2.23. The van der Waals surface area contributed by atoms with Crippen molar-refractivity contribution in [2.75, 3.05) is 0 Å². The van der Waals surface area contributed by atoms with E-state index in [0.29, 0.717) is 10.9 Å². The molecule has 1 unspecified atom stereocenters. The first-order valence-corrected chi connectivity index (χ1v) is 9.73. The molecule has 0 aliphatic carbocycles. The molecule has 4 nitrogen and oxygen atoms in total. The van der Waals surface area contributed by atoms with Crippen LogP contribution in [0.1, 0.15) is 41.6 Å². The summed E-state index contributed by atoms with van der Waals surface area (Å²) in [4.78, 5) is 21.2. The van der Waals surface area contributed by atoms with Crippen LogP contribution in [0.15, 0.2) is 35.4 Å². The van der Waals surface area contributed by atoms with E-state index >= 15 is 0 Å². The molecule has 26 heavy (non-hydrogen) atoms. The van der Waals surface area contributed by atoms with Crippen LogP contribution < -0.4 is 5.32 Å². The number of halogens is 4. The van der Waals surface area contributed by atoms with Crippen LogP contribution in [0.3, 0.4) is 0 Å². The number of nitrogens with one attached hydrogen (secondary N) is 1. The molecule has 0 radical (unpaired) electrons. The molecule has 1 heterocycles. The van der Waals surface area contributed by atoms with E-state index in [1.54, 1.807) is 6.07 Å². The molecule has 1 aromatic carbocycles. The number of hydrogen-bond donors (Lipinski definition) is 1. The van der Waals surface area contributed by atoms with Gasteiger partial charge in [-0.05, 0) is 37.3 Å². The minimum atomic E-state index is -1.78. The predicted octanol–water partition coefficient (Wildman–Crippen LogP) is 5.27. The molecule has 0 aliphatic heterocycles. The molecule has 2 rings (SSSR count). The van der Waals surface area contributed by atoms with Crippen LogP contribution in [-0.2, 0) is 0 Å². The number of carbonyl (C=O) groups is 1. The van der Waals surface area contributed by atoms with Gasteiger partial charge in [0, 0.05) is 17.2 Å². The van der Waals surface area contributed by atoms with Crippen LogP contribution in [0.25, 0.3) is 0 Å². The first-order chi connectivity index (χ1) is 12.1. The lowest BCUT2D eigenvalue weighted by Crippen LogP contribution is -2.41. The number of carbonyl (C=O) groups excluding carboxylic acids is 1. The molecule has 1 N–H and O–H groups in total. The summed E-state index contributed by atoms with van der Waals surface area (Å²) in [7, 11) is 0. The van der Waals surface area contributed by atoms with Gasteiger partial charge in [-0.2, -0.15) is 0 Å². The maximum absolute atomic E-state index is 13.0. The summed E-state index contributed by atoms with van der Waals surface area (Å²) in [5, 5.41) is 2.33. The second-order valence-corrected chi connectivity index (χ2v) is 9.37. The summed E-state index contributed by atoms with van der Waals surface area (Å²) >= 11 is 19.2. The Morgan fingerprint density at radius 2 is 1.81 bits per heavy atom. The third-order valence-electron chi connectivity index (χ3n) is 3.27. The largest absolute Gasteiger partial charge is 0.336 e. The van der Waals surface area contributed by atoms with E-state index in [0.717, 1.165) is 17.5 Å². The van der Waals surface area contributed by atoms with Crippen molar-refractivity contribution in [2.24, 2.45) is 0 Å². The van der Waals surface area contributed by atoms with Crippen molar-refractivity contribution in [1.29, 1.82) is 0 Å². The van der Waals surface area contributed by atoms with Gasteiger partial charge in [-0.1, -0.05) is 60.4 Å². The summed E-state index contributed by atoms with van der Waals surface area (Å²) in [6, 6.07) is 6.85. The topological polar surface area (TPSA) is 54.9 Å². The van der Waals surface area contributed by atoms with Crippen LogP contribution in [0.2, 0.25) is 0 Å². The van der Waals surface area contributed by atoms with Gasteiger partial charge in [-0.3, -0.25) is 4.79 Å². The molecule has 0 bridgehead atoms. The Labute approximate surface area is 170 Å². The van der Waals surface area contributed by atoms with E-state index in [-0.39, 0.29) is 11.5 Å². The number of nitrogens with zero attached hydrogens (tertiary/aromatic N) is 2. The van der Waals surface area contributed by atoms with Crippen LogP contribution >= 0.6 is 46.6 Å². The fourth-order valence-electron chi connectivity index (χ4n) is 1.98. The Morgan fingerprint density at radius 3 is 2.35 bits per heavy atom. The number of aromatic nitrogens is 2. The highest BCUT2D eigenvalue weighted by atomic mass is 35.6. The second-order valence-electron chi connectivity index (χ2n) is 5.88. The summed E-state index contributed by atoms with van der Waals surface area (Å²) in [6.45, 7) is 5.80. The quantitative estimate of drug-likeness (QED) is 0.300. The highest BCUT2D eigenvalue weighted by Gasteiger charge is 2.35. The third kappa shape index (κ3) is 5.98. The van der Waals surface area contributed by atoms with Crippen molar-refractivity contribution in [1.82, 2.24) is 15.3 Å². The standard InChI is InChI=1S/C17H17Cl3FN3OS/c1-9(2)14-22-10(3)8-13(23-14)26-16(17(18,19)20)24-15(25)11-4-6-12(21)7-5-11/h4-9,16H,1-3H3,(H,24,25). The molecule has 2 aromatic rings. The molecular weight excluding hydrogens is 420 g/mol. The van der Waals surface area contributed by atoms with E-state index in [9.17, 15) is 9.18 Å². The van der Waals surface area contributed by atoms with Crippen molar-refractivity contribution in [3.05, 3.63) is 53.2 Å². The van der Waals surface area contributed by atoms with Crippen LogP contribution in [0.4, 0.5) is 4.39 Å². The van der Waals surface area contributed by atoms with Gasteiger partial charge in [0.1, 0.15) is 22.0 Å². The van der Waals surface area contributed by atoms with Crippen LogP contribution in [-0.4, -0.2) is 25.0 Å². The molecule has 0 spiro atoms. The highest BCUT2D eigenvalue weighted by molar-refractivity contribution is 8.00. The average Bonchev–Trinajstić information content (AvgIpc) is 2.53. The van der Waals surface area contributed by atoms with Crippen molar-refractivity contribution < 1.29 is 9.18 Å². The lowest BCUT2D eigenvalue weighted by atomic mass is 10.2. The number of rotatable bonds is 5. The van der Waals surface area contributed by atoms with Gasteiger partial charge in [-0.15, -0.1) is 0 Å². The summed E-state index contributed by atoms with van der Waals surface area (Å²) in [5.41, 5.74) is 1.03. The van der Waals surface area contributed by atoms with Gasteiger partial charge < -0.3 is 5.32 Å². The predicted molar refractivity (Wildman–Crippen MR) is 105 cm³/mol. The number of alkyl halides is 3. The Morgan fingerprint density at radius 1 is 1.19 bits per heavy atom. The lowest BCUT2D eigenvalue weighted by Gasteiger charge is -2.25. The van der Waals surface area contributed by atoms with Gasteiger partial charge in [0.2, 0.25) is 3.79 Å². The van der Waals surface area contributed by atoms with Gasteiger partial charge in [0.15, 0.2) is 0 Å². The smallest absolute Gasteiger partial charge is 0.252 e. The number of thioether (sulfide) groups is 1. The van der Waals surface area contributed by atoms with Gasteiger partial charge in [0.25, 0.3) is 5.91 Å². The van der Waals surface area contributed by atoms with Crippen LogP contribution in [0, 0.1) is 12.7 Å². The average molecular weight is 437 g/mol. The van der Waals surface area contributed by atoms with Crippen molar-refractivity contribution in [3.63, 3.8) is 0 Å². The molecule has 140 valence electrons. The van der Waals surface area contributed by atoms with Gasteiger partial charge in [-0.25, -0.2) is 14.4 Å². The third-order valence-corrected chi connectivity index (χ3v) is 5.47. The zero-order chi connectivity index (χ0) is 19.5. The van der Waals surface area contributed by atoms with E-state index in [4.69, 9.17) is 34.8 Å². The molecule has 1 aromatic heterocycles. The molecule has 1 atom stereocenters. The second kappa shape index (κ2) is 8.74. The van der Waals surface area contributed by atoms with E-state index in [2.05, 4.69) is 15.3 Å². The summed E-state index contributed by atoms with van der Waals surface area (Å²) < 4.78 is 11.2. The number of hydrogen-bond acceptors (Lipinski definition) is 4. The highest BCUT2D eigenvalue weighted by Crippen LogP contribution is 2.39. The Hall–Kier alpha value is -1.08. The minimum absolute atomic E-state index is 0.134. The summed E-state index contributed by atoms with van der Waals surface area (Å²) in [5.74, 6) is -0.120. The lowest BCUT2D eigenvalue weighted by molar-refractivity contribution is 0.0950. The number of benzene rings is 1. The van der Waals surface area contributed by atoms with Gasteiger partial charge >= 0.3 is 0 Å². The normalized spacial score (nSPS) is 12.9. The molecular formula is C17H17Cl3FN3OS. The number of amides is 1. The minimum Gasteiger partial charge on any atom is -0.336 e. The molecule has 0 aliphatic rings. The maximum Gasteiger partial charge on any atom is 0.252 e. The Kier molecular flexibility index (Phi) is 7.13. The van der Waals surface area contributed by atoms with Crippen molar-refractivity contribution >= 4 is 52.5 Å². The molecule has 0 saturated carbocycles. The fourth-order valence-corrected chi connectivity index (χ4v) is 3.47. The van der Waals surface area contributed by atoms with Crippen molar-refractivity contribution in [2.45, 2.75) is 40.9 Å². The zero-order valence-electron chi connectivity index (χ0n) is 14.3. The van der Waals surface area contributed by atoms with E-state index < -0.39 is 20.9 Å². The number of aryl methyl sites for hydroxylation is 1. The van der Waals surface area contributed by atoms with E-state index in [1.807, 2.05) is 20.8 Å². The maximum atomic E-state index is 13.0. The van der Waals surface area contributed by atoms with Crippen LogP contribution in [0.5, 0.6) is 0 Å². The first-order valence-electron chi connectivity index (χ1n) is 7.71. The molecule has 9 heteroatoms. The van der Waals surface area contributed by atoms with Crippen molar-refractivity contribution in [3.8, 4) is 0 Å². The molecule has 0 saturated heterocycles. The fraction of sp³-hybridized carbons (Fsp3) is 0.353. The SMILES string of the molecule is Cc1cc(SC(NC(=O)c2ccc(F)cc2)C(Cl)(Cl)Cl)nc(C(C)C)n1. The van der Waals surface area contributed by atoms with E-state index in [1.165, 1.54) is 24.3 Å². The zero-order valence-corrected chi connectivity index (χ0v) is 17.3. The first kappa shape index (κ1) is 21.2.